The van der Waals surface area contributed by atoms with E-state index in [4.69, 9.17) is 4.74 Å². The number of rotatable bonds is 7. The Balaban J connectivity index is 1.28. The maximum absolute atomic E-state index is 12.7. The molecular formula is C27H23F6N3O3. The Morgan fingerprint density at radius 1 is 0.949 bits per heavy atom. The van der Waals surface area contributed by atoms with Crippen molar-refractivity contribution in [2.24, 2.45) is 0 Å². The number of carbonyl (C=O) groups is 1. The van der Waals surface area contributed by atoms with E-state index in [1.807, 2.05) is 12.1 Å². The molecule has 1 amide bonds. The van der Waals surface area contributed by atoms with Crippen LogP contribution in [-0.4, -0.2) is 34.7 Å². The summed E-state index contributed by atoms with van der Waals surface area (Å²) in [6.07, 6.45) is -2.18. The van der Waals surface area contributed by atoms with E-state index in [0.717, 1.165) is 42.3 Å². The van der Waals surface area contributed by atoms with Gasteiger partial charge in [-0.2, -0.15) is 26.3 Å². The van der Waals surface area contributed by atoms with Gasteiger partial charge in [-0.25, -0.2) is 9.97 Å². The van der Waals surface area contributed by atoms with E-state index in [9.17, 15) is 31.1 Å². The van der Waals surface area contributed by atoms with Crippen LogP contribution in [0, 0.1) is 0 Å². The zero-order chi connectivity index (χ0) is 28.0. The van der Waals surface area contributed by atoms with Crippen molar-refractivity contribution < 1.29 is 40.6 Å². The van der Waals surface area contributed by atoms with E-state index >= 15 is 0 Å². The van der Waals surface area contributed by atoms with Crippen molar-refractivity contribution in [1.82, 2.24) is 15.3 Å². The second-order valence-corrected chi connectivity index (χ2v) is 8.90. The van der Waals surface area contributed by atoms with Gasteiger partial charge < -0.3 is 14.8 Å². The number of hydrogen-bond donors (Lipinski definition) is 1. The number of benzene rings is 1. The summed E-state index contributed by atoms with van der Waals surface area (Å²) in [5, 5.41) is 2.92. The highest BCUT2D eigenvalue weighted by Gasteiger charge is 2.31. The number of pyridine rings is 2. The van der Waals surface area contributed by atoms with E-state index < -0.39 is 24.5 Å². The van der Waals surface area contributed by atoms with E-state index in [-0.39, 0.29) is 29.3 Å². The number of aromatic nitrogens is 2. The average molecular weight is 551 g/mol. The molecule has 1 saturated carbocycles. The van der Waals surface area contributed by atoms with Crippen molar-refractivity contribution in [3.63, 3.8) is 0 Å². The molecule has 39 heavy (non-hydrogen) atoms. The third-order valence-corrected chi connectivity index (χ3v) is 5.86. The third kappa shape index (κ3) is 8.45. The molecule has 0 spiro atoms. The maximum atomic E-state index is 12.7. The summed E-state index contributed by atoms with van der Waals surface area (Å²) < 4.78 is 85.0. The Bertz CT molecular complexity index is 1300. The normalized spacial score (nSPS) is 15.9. The Morgan fingerprint density at radius 2 is 1.67 bits per heavy atom. The van der Waals surface area contributed by atoms with Gasteiger partial charge in [-0.05, 0) is 55.5 Å². The minimum Gasteiger partial charge on any atom is -0.468 e. The summed E-state index contributed by atoms with van der Waals surface area (Å²) >= 11 is 0. The van der Waals surface area contributed by atoms with Gasteiger partial charge in [0.25, 0.3) is 5.91 Å². The van der Waals surface area contributed by atoms with Crippen LogP contribution in [0.4, 0.5) is 26.3 Å². The van der Waals surface area contributed by atoms with Crippen molar-refractivity contribution in [1.29, 1.82) is 0 Å². The zero-order valence-corrected chi connectivity index (χ0v) is 20.4. The number of hydrogen-bond acceptors (Lipinski definition) is 5. The summed E-state index contributed by atoms with van der Waals surface area (Å²) in [6.45, 7) is -1.46. The third-order valence-electron chi connectivity index (χ3n) is 5.86. The molecule has 0 aliphatic heterocycles. The van der Waals surface area contributed by atoms with Gasteiger partial charge in [-0.3, -0.25) is 4.79 Å². The SMILES string of the molecule is O=C(NC1CCC(=Cc2cccc(Oc3ccc(C(F)(F)F)cn3)c2)CC1)c1ccc(OCC(F)(F)F)nc1. The lowest BCUT2D eigenvalue weighted by molar-refractivity contribution is -0.154. The quantitative estimate of drug-likeness (QED) is 0.321. The van der Waals surface area contributed by atoms with Crippen molar-refractivity contribution in [3.05, 3.63) is 83.2 Å². The molecule has 4 rings (SSSR count). The van der Waals surface area contributed by atoms with Gasteiger partial charge in [0.2, 0.25) is 11.8 Å². The molecular weight excluding hydrogens is 528 g/mol. The van der Waals surface area contributed by atoms with Gasteiger partial charge in [0, 0.05) is 30.6 Å². The molecule has 0 saturated heterocycles. The van der Waals surface area contributed by atoms with Gasteiger partial charge in [0.05, 0.1) is 11.1 Å². The van der Waals surface area contributed by atoms with Crippen LogP contribution < -0.4 is 14.8 Å². The molecule has 2 aromatic heterocycles. The van der Waals surface area contributed by atoms with Crippen molar-refractivity contribution in [3.8, 4) is 17.5 Å². The first kappa shape index (κ1) is 27.9. The first-order valence-electron chi connectivity index (χ1n) is 11.9. The highest BCUT2D eigenvalue weighted by molar-refractivity contribution is 5.94. The zero-order valence-electron chi connectivity index (χ0n) is 20.4. The Morgan fingerprint density at radius 3 is 2.28 bits per heavy atom. The Kier molecular flexibility index (Phi) is 8.41. The van der Waals surface area contributed by atoms with Crippen LogP contribution >= 0.6 is 0 Å². The van der Waals surface area contributed by atoms with Gasteiger partial charge in [-0.1, -0.05) is 23.8 Å². The molecule has 1 fully saturated rings. The lowest BCUT2D eigenvalue weighted by Crippen LogP contribution is -2.36. The molecule has 0 radical (unpaired) electrons. The minimum absolute atomic E-state index is 0.0442. The van der Waals surface area contributed by atoms with Crippen molar-refractivity contribution in [2.45, 2.75) is 44.1 Å². The van der Waals surface area contributed by atoms with Crippen LogP contribution in [0.15, 0.2) is 66.5 Å². The number of nitrogens with zero attached hydrogens (tertiary/aromatic N) is 2. The number of ether oxygens (including phenoxy) is 2. The van der Waals surface area contributed by atoms with Crippen molar-refractivity contribution >= 4 is 12.0 Å². The van der Waals surface area contributed by atoms with Crippen LogP contribution in [0.2, 0.25) is 0 Å². The van der Waals surface area contributed by atoms with Crippen LogP contribution in [0.1, 0.15) is 47.2 Å². The van der Waals surface area contributed by atoms with Crippen LogP contribution in [0.3, 0.4) is 0 Å². The fourth-order valence-electron chi connectivity index (χ4n) is 3.93. The average Bonchev–Trinajstić information content (AvgIpc) is 2.88. The molecule has 1 N–H and O–H groups in total. The summed E-state index contributed by atoms with van der Waals surface area (Å²) in [5.41, 5.74) is 1.38. The fourth-order valence-corrected chi connectivity index (χ4v) is 3.93. The number of alkyl halides is 6. The number of carbonyl (C=O) groups excluding carboxylic acids is 1. The highest BCUT2D eigenvalue weighted by atomic mass is 19.4. The van der Waals surface area contributed by atoms with E-state index in [2.05, 4.69) is 20.0 Å². The maximum Gasteiger partial charge on any atom is 0.422 e. The summed E-state index contributed by atoms with van der Waals surface area (Å²) in [7, 11) is 0. The van der Waals surface area contributed by atoms with Crippen LogP contribution in [-0.2, 0) is 6.18 Å². The molecule has 1 aromatic carbocycles. The standard InChI is InChI=1S/C27H23F6N3O3/c28-26(29,30)16-38-23-10-6-19(14-34-23)25(37)36-21-8-4-17(5-9-21)12-18-2-1-3-22(13-18)39-24-11-7-20(15-35-24)27(31,32)33/h1-3,6-7,10-15,21H,4-5,8-9,16H2,(H,36,37). The van der Waals surface area contributed by atoms with Crippen LogP contribution in [0.5, 0.6) is 17.5 Å². The fraction of sp³-hybridized carbons (Fsp3) is 0.296. The largest absolute Gasteiger partial charge is 0.468 e. The second-order valence-electron chi connectivity index (χ2n) is 8.90. The summed E-state index contributed by atoms with van der Waals surface area (Å²) in [6, 6.07) is 11.7. The Labute approximate surface area is 219 Å². The van der Waals surface area contributed by atoms with Gasteiger partial charge >= 0.3 is 12.4 Å². The van der Waals surface area contributed by atoms with Crippen LogP contribution in [0.25, 0.3) is 6.08 Å². The second kappa shape index (κ2) is 11.7. The van der Waals surface area contributed by atoms with Gasteiger partial charge in [0.15, 0.2) is 6.61 Å². The molecule has 12 heteroatoms. The van der Waals surface area contributed by atoms with E-state index in [1.165, 1.54) is 18.3 Å². The molecule has 1 aliphatic rings. The molecule has 1 aliphatic carbocycles. The van der Waals surface area contributed by atoms with E-state index in [0.29, 0.717) is 18.6 Å². The lowest BCUT2D eigenvalue weighted by atomic mass is 9.89. The smallest absolute Gasteiger partial charge is 0.422 e. The molecule has 2 heterocycles. The van der Waals surface area contributed by atoms with Crippen molar-refractivity contribution in [2.75, 3.05) is 6.61 Å². The molecule has 206 valence electrons. The molecule has 6 nitrogen and oxygen atoms in total. The molecule has 0 bridgehead atoms. The minimum atomic E-state index is -4.48. The predicted molar refractivity (Wildman–Crippen MR) is 129 cm³/mol. The number of amides is 1. The number of halogens is 6. The summed E-state index contributed by atoms with van der Waals surface area (Å²) in [4.78, 5) is 20.0. The monoisotopic (exact) mass is 551 g/mol. The number of allylic oxidation sites excluding steroid dienone is 1. The van der Waals surface area contributed by atoms with Gasteiger partial charge in [0.1, 0.15) is 5.75 Å². The molecule has 0 unspecified atom stereocenters. The Hall–Kier alpha value is -4.09. The number of nitrogens with one attached hydrogen (secondary N) is 1. The lowest BCUT2D eigenvalue weighted by Gasteiger charge is -2.25. The van der Waals surface area contributed by atoms with E-state index in [1.54, 1.807) is 18.2 Å². The highest BCUT2D eigenvalue weighted by Crippen LogP contribution is 2.31. The first-order chi connectivity index (χ1) is 18.4. The molecule has 0 atom stereocenters. The topological polar surface area (TPSA) is 73.3 Å². The molecule has 3 aromatic rings. The first-order valence-corrected chi connectivity index (χ1v) is 11.9. The summed E-state index contributed by atoms with van der Waals surface area (Å²) in [5.74, 6) is -0.117. The van der Waals surface area contributed by atoms with Gasteiger partial charge in [-0.15, -0.1) is 0 Å². The predicted octanol–water partition coefficient (Wildman–Crippen LogP) is 6.98.